The number of aromatic nitrogens is 1. The lowest BCUT2D eigenvalue weighted by molar-refractivity contribution is -0.198. The van der Waals surface area contributed by atoms with Gasteiger partial charge in [-0.3, -0.25) is 38.5 Å². The van der Waals surface area contributed by atoms with Gasteiger partial charge in [0.2, 0.25) is 11.8 Å². The van der Waals surface area contributed by atoms with Gasteiger partial charge in [0, 0.05) is 89.8 Å². The second kappa shape index (κ2) is 33.9. The van der Waals surface area contributed by atoms with E-state index in [1.165, 1.54) is 43.1 Å². The van der Waals surface area contributed by atoms with Crippen LogP contribution in [0.5, 0.6) is 0 Å². The highest BCUT2D eigenvalue weighted by Gasteiger charge is 2.64. The molecule has 0 saturated carbocycles. The van der Waals surface area contributed by atoms with Crippen molar-refractivity contribution in [1.82, 2.24) is 30.9 Å². The number of halogens is 1. The first-order valence-electron chi connectivity index (χ1n) is 32.2. The number of nitrogens with zero attached hydrogens (tertiary/aromatic N) is 4. The van der Waals surface area contributed by atoms with Crippen molar-refractivity contribution < 1.29 is 86.3 Å². The minimum Gasteiger partial charge on any atom is -0.462 e. The van der Waals surface area contributed by atoms with Gasteiger partial charge in [0.05, 0.1) is 84.6 Å². The smallest absolute Gasteiger partial charge is 0.335 e. The fourth-order valence-corrected chi connectivity index (χ4v) is 12.6. The van der Waals surface area contributed by atoms with E-state index in [9.17, 15) is 53.1 Å². The standard InChI is InChI=1S/C68H89ClN8O18S/c1-38(2)47(34-54(96)71-25-27-91-29-28-90-26-22-58(82)95-77-55(79)20-21-56(77)80)63(84)74-48(16-13-24-73-66(70)87)50(78)33-44-18-19-46(61-45(44)15-12-23-72-61)64(85)75(8)42(6)65(86)93-53-35-57(81)76(9)49-32-43(31-40(4)60(49)69)30-39(3)14-11-17-52(89-10)68(88)36-51(92-59(83)37-68)41(5)62-67(53,7)94-62/h11-12,14-15,17-19,23,31-32,38,41-42,47-48,51-53,62,88H,13,16,20-22,24-30,33-37H2,1-10H3,(H,71,96)(H,74,84)(H3,70,73,87)/b17-11+,39-14+/t41-,42+,47+,48+,51+,52-,53+,62+,67+,68-/m1/s1. The molecule has 522 valence electrons. The minimum absolute atomic E-state index is 0.00776. The molecule has 0 aliphatic carbocycles. The van der Waals surface area contributed by atoms with Crippen molar-refractivity contribution in [2.45, 2.75) is 167 Å². The summed E-state index contributed by atoms with van der Waals surface area (Å²) in [5.41, 5.74) is 6.06. The van der Waals surface area contributed by atoms with Crippen LogP contribution < -0.4 is 26.6 Å². The van der Waals surface area contributed by atoms with Crippen LogP contribution in [-0.2, 0) is 84.5 Å². The molecule has 96 heavy (non-hydrogen) atoms. The van der Waals surface area contributed by atoms with Crippen LogP contribution in [0.4, 0.5) is 10.5 Å². The zero-order valence-electron chi connectivity index (χ0n) is 56.0. The Morgan fingerprint density at radius 1 is 0.969 bits per heavy atom. The number of nitrogens with two attached hydrogens (primary N) is 1. The fraction of sp³-hybridized carbons (Fsp3) is 0.559. The number of imide groups is 1. The minimum atomic E-state index is -1.66. The maximum absolute atomic E-state index is 14.7. The second-order valence-electron chi connectivity index (χ2n) is 25.5. The molecule has 2 aromatic carbocycles. The van der Waals surface area contributed by atoms with Crippen LogP contribution in [0.1, 0.15) is 126 Å². The Morgan fingerprint density at radius 3 is 2.36 bits per heavy atom. The van der Waals surface area contributed by atoms with E-state index in [1.54, 1.807) is 51.2 Å². The monoisotopic (exact) mass is 1370 g/mol. The van der Waals surface area contributed by atoms with Gasteiger partial charge in [-0.05, 0) is 87.8 Å². The number of methoxy groups -OCH3 is 1. The van der Waals surface area contributed by atoms with Gasteiger partial charge in [-0.15, -0.1) is 5.06 Å². The molecular formula is C68H89ClN8O18S. The molecule has 5 heterocycles. The molecule has 1 aromatic heterocycles. The number of allylic oxidation sites excluding steroid dienone is 3. The number of ether oxygens (including phenoxy) is 6. The number of esters is 2. The molecule has 10 atom stereocenters. The van der Waals surface area contributed by atoms with Crippen LogP contribution >= 0.6 is 23.8 Å². The van der Waals surface area contributed by atoms with Crippen molar-refractivity contribution in [3.05, 3.63) is 93.7 Å². The summed E-state index contributed by atoms with van der Waals surface area (Å²) in [6.07, 6.45) is 2.90. The van der Waals surface area contributed by atoms with E-state index in [0.717, 1.165) is 16.7 Å². The number of urea groups is 1. The average molecular weight is 1370 g/mol. The molecule has 0 unspecified atom stereocenters. The van der Waals surface area contributed by atoms with E-state index in [4.69, 9.17) is 62.8 Å². The second-order valence-corrected chi connectivity index (χ2v) is 26.4. The number of ketones is 1. The number of aliphatic hydroxyl groups is 1. The summed E-state index contributed by atoms with van der Waals surface area (Å²) >= 11 is 12.5. The number of aryl methyl sites for hydroxylation is 1. The maximum atomic E-state index is 14.7. The van der Waals surface area contributed by atoms with Crippen LogP contribution in [0.3, 0.4) is 0 Å². The Kier molecular flexibility index (Phi) is 26.7. The Morgan fingerprint density at radius 2 is 1.68 bits per heavy atom. The van der Waals surface area contributed by atoms with Gasteiger partial charge in [-0.2, -0.15) is 0 Å². The summed E-state index contributed by atoms with van der Waals surface area (Å²) in [6, 6.07) is 7.15. The number of carbonyl (C=O) groups is 10. The number of rotatable bonds is 27. The van der Waals surface area contributed by atoms with Crippen LogP contribution in [0.15, 0.2) is 66.4 Å². The van der Waals surface area contributed by atoms with E-state index >= 15 is 0 Å². The molecule has 0 radical (unpaired) electrons. The van der Waals surface area contributed by atoms with E-state index < -0.39 is 119 Å². The number of likely N-dealkylation sites (N-methyl/N-ethyl adjacent to an activating group) is 1. The molecule has 6 N–H and O–H groups in total. The summed E-state index contributed by atoms with van der Waals surface area (Å²) in [7, 11) is 4.45. The van der Waals surface area contributed by atoms with Gasteiger partial charge in [0.25, 0.3) is 17.7 Å². The number of thiocarbonyl (C=S) groups is 1. The summed E-state index contributed by atoms with van der Waals surface area (Å²) in [5.74, 6) is -6.84. The third kappa shape index (κ3) is 19.5. The largest absolute Gasteiger partial charge is 0.462 e. The van der Waals surface area contributed by atoms with E-state index in [1.807, 2.05) is 45.9 Å². The first kappa shape index (κ1) is 75.6. The number of carbonyl (C=O) groups excluding carboxylic acids is 10. The third-order valence-corrected chi connectivity index (χ3v) is 18.8. The number of hydrogen-bond donors (Lipinski definition) is 5. The molecule has 0 spiro atoms. The molecule has 3 fully saturated rings. The summed E-state index contributed by atoms with van der Waals surface area (Å²) < 4.78 is 35.4. The van der Waals surface area contributed by atoms with Crippen LogP contribution in [0.2, 0.25) is 5.02 Å². The molecule has 7 amide bonds. The number of fused-ring (bicyclic) bond motifs is 6. The van der Waals surface area contributed by atoms with E-state index in [2.05, 4.69) is 20.9 Å². The van der Waals surface area contributed by atoms with Gasteiger partial charge in [0.1, 0.15) is 35.6 Å². The number of primary amides is 1. The summed E-state index contributed by atoms with van der Waals surface area (Å²) in [6.45, 7) is 13.4. The highest BCUT2D eigenvalue weighted by molar-refractivity contribution is 7.80. The van der Waals surface area contributed by atoms with Crippen LogP contribution in [-0.4, -0.2) is 193 Å². The number of hydroxylamine groups is 2. The Bertz CT molecular complexity index is 3480. The zero-order valence-corrected chi connectivity index (χ0v) is 57.6. The lowest BCUT2D eigenvalue weighted by Crippen LogP contribution is -2.53. The molecule has 4 aliphatic heterocycles. The van der Waals surface area contributed by atoms with Gasteiger partial charge < -0.3 is 69.8 Å². The Hall–Kier alpha value is -7.79. The quantitative estimate of drug-likeness (QED) is 0.0204. The number of nitrogens with one attached hydrogen (secondary N) is 3. The van der Waals surface area contributed by atoms with Crippen molar-refractivity contribution in [2.24, 2.45) is 23.5 Å². The maximum Gasteiger partial charge on any atom is 0.335 e. The van der Waals surface area contributed by atoms with Gasteiger partial charge >= 0.3 is 23.9 Å². The van der Waals surface area contributed by atoms with Crippen LogP contribution in [0.25, 0.3) is 10.9 Å². The zero-order chi connectivity index (χ0) is 70.3. The normalized spacial score (nSPS) is 24.0. The first-order chi connectivity index (χ1) is 45.5. The SMILES string of the molecule is CO[C@@H]1/C=C/C=C(\C)Cc2cc(C)c(Cl)c(c2)N(C)C(=O)C[C@H](OC(=O)[C@H](C)N(C)C(=O)c2ccc(CC(=O)[C@H](CCCNC(N)=O)NC(=O)[C@@H](CC(=S)NCCOCCOCCC(=O)ON3C(=O)CCC3=O)C(C)C)c3cccnc23)[C@]2(C)O[C@H]2[C@H](C)[C@@H]2C[C@@]1(O)CC(=O)O2. The highest BCUT2D eigenvalue weighted by Crippen LogP contribution is 2.50. The van der Waals surface area contributed by atoms with Crippen molar-refractivity contribution in [2.75, 3.05) is 65.6 Å². The molecule has 28 heteroatoms. The fourth-order valence-electron chi connectivity index (χ4n) is 12.1. The molecule has 4 bridgehead atoms. The lowest BCUT2D eigenvalue weighted by atomic mass is 9.78. The highest BCUT2D eigenvalue weighted by atomic mass is 35.5. The Labute approximate surface area is 568 Å². The van der Waals surface area contributed by atoms with Gasteiger partial charge in [-0.25, -0.2) is 14.4 Å². The summed E-state index contributed by atoms with van der Waals surface area (Å²) in [5, 5.41) is 21.9. The van der Waals surface area contributed by atoms with Crippen molar-refractivity contribution >= 4 is 105 Å². The van der Waals surface area contributed by atoms with E-state index in [0.29, 0.717) is 44.7 Å². The number of benzene rings is 2. The molecular weight excluding hydrogens is 1280 g/mol. The molecule has 3 aromatic rings. The predicted molar refractivity (Wildman–Crippen MR) is 356 cm³/mol. The average Bonchev–Trinajstić information content (AvgIpc) is 1.56. The number of amides is 7. The third-order valence-electron chi connectivity index (χ3n) is 18.0. The molecule has 26 nitrogen and oxygen atoms in total. The van der Waals surface area contributed by atoms with E-state index in [-0.39, 0.29) is 114 Å². The first-order valence-corrected chi connectivity index (χ1v) is 33.0. The van der Waals surface area contributed by atoms with Crippen molar-refractivity contribution in [1.29, 1.82) is 0 Å². The molecule has 3 saturated heterocycles. The topological polar surface area (TPSA) is 344 Å². The number of anilines is 1. The number of hydrogen-bond acceptors (Lipinski definition) is 20. The predicted octanol–water partition coefficient (Wildman–Crippen LogP) is 5.58. The lowest BCUT2D eigenvalue weighted by Gasteiger charge is -2.41. The molecule has 4 aliphatic rings. The Balaban J connectivity index is 1.02. The number of pyridine rings is 1. The van der Waals surface area contributed by atoms with Crippen LogP contribution in [0, 0.1) is 24.7 Å². The summed E-state index contributed by atoms with van der Waals surface area (Å²) in [4.78, 5) is 145. The molecule has 7 rings (SSSR count). The van der Waals surface area contributed by atoms with Crippen molar-refractivity contribution in [3.63, 3.8) is 0 Å². The number of Topliss-reactive ketones (excluding diaryl/α,β-unsaturated/α-hetero) is 1. The van der Waals surface area contributed by atoms with Gasteiger partial charge in [0.15, 0.2) is 5.78 Å². The van der Waals surface area contributed by atoms with Gasteiger partial charge in [-0.1, -0.05) is 86.6 Å². The number of epoxide rings is 1. The van der Waals surface area contributed by atoms with Crippen molar-refractivity contribution in [3.8, 4) is 0 Å².